The van der Waals surface area contributed by atoms with Gasteiger partial charge in [0.05, 0.1) is 11.2 Å². The van der Waals surface area contributed by atoms with Gasteiger partial charge in [-0.25, -0.2) is 4.39 Å². The maximum absolute atomic E-state index is 13.6. The molecule has 7 N–H and O–H groups in total. The van der Waals surface area contributed by atoms with Gasteiger partial charge in [-0.3, -0.25) is 4.79 Å². The van der Waals surface area contributed by atoms with Crippen LogP contribution in [0.1, 0.15) is 26.3 Å². The largest absolute Gasteiger partial charge is 0.504 e. The third-order valence-electron chi connectivity index (χ3n) is 6.78. The van der Waals surface area contributed by atoms with E-state index < -0.39 is 11.6 Å². The molecule has 4 rings (SSSR count). The molecule has 3 heterocycles. The topological polar surface area (TPSA) is 123 Å². The molecular weight excluding hydrogens is 437 g/mol. The van der Waals surface area contributed by atoms with E-state index in [1.165, 1.54) is 12.1 Å². The normalized spacial score (nSPS) is 25.1. The zero-order valence-electron chi connectivity index (χ0n) is 20.6. The Morgan fingerprint density at radius 3 is 2.59 bits per heavy atom. The van der Waals surface area contributed by atoms with E-state index in [4.69, 9.17) is 11.5 Å². The molecular formula is C24H38FN7O2. The van der Waals surface area contributed by atoms with Gasteiger partial charge in [-0.05, 0) is 46.0 Å². The van der Waals surface area contributed by atoms with Crippen LogP contribution in [0.25, 0.3) is 5.70 Å². The number of phenols is 1. The minimum Gasteiger partial charge on any atom is -0.504 e. The lowest BCUT2D eigenvalue weighted by Gasteiger charge is -2.52. The van der Waals surface area contributed by atoms with Crippen LogP contribution in [-0.4, -0.2) is 90.2 Å². The molecule has 0 spiro atoms. The number of hydrogen-bond donors (Lipinski definition) is 5. The fourth-order valence-electron chi connectivity index (χ4n) is 4.69. The molecule has 1 unspecified atom stereocenters. The Bertz CT molecular complexity index is 965. The maximum atomic E-state index is 13.6. The van der Waals surface area contributed by atoms with E-state index in [0.29, 0.717) is 5.82 Å². The molecule has 0 aliphatic carbocycles. The number of fused-ring (bicyclic) bond motifs is 1. The molecule has 3 aliphatic rings. The van der Waals surface area contributed by atoms with E-state index in [2.05, 4.69) is 48.3 Å². The van der Waals surface area contributed by atoms with Crippen molar-refractivity contribution in [1.29, 1.82) is 0 Å². The SMILES string of the molecule is CC1(C)CNCCN1C=O.CN1CCN2C(/C=C(\N)c3cccc(F)c3O)=C(N)NCC2(C)C1. The number of phenolic OH excluding ortho intramolecular Hbond substituents is 1. The Morgan fingerprint density at radius 2 is 1.94 bits per heavy atom. The van der Waals surface area contributed by atoms with Crippen LogP contribution in [-0.2, 0) is 4.79 Å². The number of carbonyl (C=O) groups excluding carboxylic acids is 1. The Balaban J connectivity index is 0.000000271. The van der Waals surface area contributed by atoms with Crippen LogP contribution in [0.2, 0.25) is 0 Å². The van der Waals surface area contributed by atoms with Crippen molar-refractivity contribution in [3.8, 4) is 5.75 Å². The van der Waals surface area contributed by atoms with Gasteiger partial charge in [-0.15, -0.1) is 0 Å². The standard InChI is InChI=1S/C17H24FN5O.C7H14N2O/c1-17-9-21-16(20)14(23(17)7-6-22(2)10-17)8-13(19)11-4-3-5-12(18)15(11)24;1-7(2)5-8-3-4-9(7)6-10/h3-5,8,21,24H,6-7,9-10,19-20H2,1-2H3;6,8H,3-5H2,1-2H3/b13-8-;. The highest BCUT2D eigenvalue weighted by Gasteiger charge is 2.40. The summed E-state index contributed by atoms with van der Waals surface area (Å²) in [5, 5.41) is 16.4. The highest BCUT2D eigenvalue weighted by atomic mass is 19.1. The first-order valence-corrected chi connectivity index (χ1v) is 11.6. The zero-order valence-corrected chi connectivity index (χ0v) is 20.6. The minimum atomic E-state index is -0.697. The number of nitrogens with two attached hydrogens (primary N) is 2. The van der Waals surface area contributed by atoms with Gasteiger partial charge in [0.15, 0.2) is 11.6 Å². The quantitative estimate of drug-likeness (QED) is 0.398. The first-order chi connectivity index (χ1) is 16.0. The molecule has 9 nitrogen and oxygen atoms in total. The lowest BCUT2D eigenvalue weighted by molar-refractivity contribution is -0.123. The number of para-hydroxylation sites is 1. The molecule has 0 saturated carbocycles. The second kappa shape index (κ2) is 10.1. The summed E-state index contributed by atoms with van der Waals surface area (Å²) in [5.74, 6) is -0.608. The summed E-state index contributed by atoms with van der Waals surface area (Å²) >= 11 is 0. The Labute approximate surface area is 201 Å². The summed E-state index contributed by atoms with van der Waals surface area (Å²) < 4.78 is 13.6. The molecule has 0 bridgehead atoms. The van der Waals surface area contributed by atoms with Gasteiger partial charge < -0.3 is 41.9 Å². The average Bonchev–Trinajstić information content (AvgIpc) is 2.77. The first kappa shape index (κ1) is 25.6. The third-order valence-corrected chi connectivity index (χ3v) is 6.78. The Morgan fingerprint density at radius 1 is 1.21 bits per heavy atom. The number of amides is 1. The van der Waals surface area contributed by atoms with Crippen LogP contribution in [0.5, 0.6) is 5.75 Å². The van der Waals surface area contributed by atoms with Crippen LogP contribution in [0, 0.1) is 5.82 Å². The maximum Gasteiger partial charge on any atom is 0.210 e. The van der Waals surface area contributed by atoms with Gasteiger partial charge in [0.2, 0.25) is 6.41 Å². The lowest BCUT2D eigenvalue weighted by Crippen LogP contribution is -2.66. The molecule has 2 saturated heterocycles. The van der Waals surface area contributed by atoms with Gasteiger partial charge in [0, 0.05) is 62.6 Å². The Hall–Kier alpha value is -2.98. The van der Waals surface area contributed by atoms with E-state index in [0.717, 1.165) is 57.9 Å². The molecule has 2 fully saturated rings. The molecule has 1 aromatic rings. The summed E-state index contributed by atoms with van der Waals surface area (Å²) in [7, 11) is 2.10. The van der Waals surface area contributed by atoms with Gasteiger partial charge in [0.1, 0.15) is 5.82 Å². The van der Waals surface area contributed by atoms with E-state index >= 15 is 0 Å². The van der Waals surface area contributed by atoms with Crippen LogP contribution in [0.15, 0.2) is 35.8 Å². The Kier molecular flexibility index (Phi) is 7.62. The zero-order chi connectivity index (χ0) is 25.1. The summed E-state index contributed by atoms with van der Waals surface area (Å²) in [5.41, 5.74) is 13.5. The van der Waals surface area contributed by atoms with Crippen molar-refractivity contribution in [3.63, 3.8) is 0 Å². The molecule has 0 radical (unpaired) electrons. The summed E-state index contributed by atoms with van der Waals surface area (Å²) in [4.78, 5) is 16.8. The predicted molar refractivity (Wildman–Crippen MR) is 132 cm³/mol. The van der Waals surface area contributed by atoms with Gasteiger partial charge in [0.25, 0.3) is 0 Å². The molecule has 0 aromatic heterocycles. The molecule has 3 aliphatic heterocycles. The minimum absolute atomic E-state index is 0. The van der Waals surface area contributed by atoms with Crippen LogP contribution >= 0.6 is 0 Å². The summed E-state index contributed by atoms with van der Waals surface area (Å²) in [6.07, 6.45) is 2.64. The summed E-state index contributed by atoms with van der Waals surface area (Å²) in [6.45, 7) is 12.3. The fourth-order valence-corrected chi connectivity index (χ4v) is 4.69. The number of carbonyl (C=O) groups is 1. The van der Waals surface area contributed by atoms with Crippen LogP contribution in [0.4, 0.5) is 4.39 Å². The lowest BCUT2D eigenvalue weighted by atomic mass is 9.92. The van der Waals surface area contributed by atoms with Crippen molar-refractivity contribution >= 4 is 12.1 Å². The van der Waals surface area contributed by atoms with Gasteiger partial charge in [-0.1, -0.05) is 6.07 Å². The van der Waals surface area contributed by atoms with E-state index in [1.54, 1.807) is 12.1 Å². The van der Waals surface area contributed by atoms with E-state index in [9.17, 15) is 14.3 Å². The highest BCUT2D eigenvalue weighted by Crippen LogP contribution is 2.32. The molecule has 10 heteroatoms. The van der Waals surface area contributed by atoms with Crippen molar-refractivity contribution in [2.75, 3.05) is 52.9 Å². The van der Waals surface area contributed by atoms with Crippen LogP contribution in [0.3, 0.4) is 0 Å². The number of hydrogen-bond acceptors (Lipinski definition) is 8. The van der Waals surface area contributed by atoms with Gasteiger partial charge in [-0.2, -0.15) is 0 Å². The third kappa shape index (κ3) is 5.39. The molecule has 34 heavy (non-hydrogen) atoms. The molecule has 1 atom stereocenters. The van der Waals surface area contributed by atoms with Crippen molar-refractivity contribution in [2.45, 2.75) is 31.8 Å². The average molecular weight is 476 g/mol. The van der Waals surface area contributed by atoms with E-state index in [-0.39, 0.29) is 22.3 Å². The molecule has 1 amide bonds. The number of aromatic hydroxyl groups is 1. The van der Waals surface area contributed by atoms with Crippen LogP contribution < -0.4 is 22.1 Å². The smallest absolute Gasteiger partial charge is 0.210 e. The van der Waals surface area contributed by atoms with Crippen molar-refractivity contribution < 1.29 is 14.3 Å². The predicted octanol–water partition coefficient (Wildman–Crippen LogP) is 0.395. The summed E-state index contributed by atoms with van der Waals surface area (Å²) in [6, 6.07) is 4.29. The molecule has 1 aromatic carbocycles. The number of nitrogens with one attached hydrogen (secondary N) is 2. The number of benzene rings is 1. The van der Waals surface area contributed by atoms with Crippen molar-refractivity contribution in [1.82, 2.24) is 25.3 Å². The fraction of sp³-hybridized carbons (Fsp3) is 0.542. The molecule has 188 valence electrons. The number of likely N-dealkylation sites (N-methyl/N-ethyl adjacent to an activating group) is 1. The van der Waals surface area contributed by atoms with Crippen molar-refractivity contribution in [3.05, 3.63) is 47.2 Å². The highest BCUT2D eigenvalue weighted by molar-refractivity contribution is 5.70. The number of nitrogens with zero attached hydrogens (tertiary/aromatic N) is 3. The van der Waals surface area contributed by atoms with Crippen molar-refractivity contribution in [2.24, 2.45) is 11.5 Å². The second-order valence-corrected chi connectivity index (χ2v) is 10.1. The second-order valence-electron chi connectivity index (χ2n) is 10.1. The van der Waals surface area contributed by atoms with E-state index in [1.807, 2.05) is 4.90 Å². The number of rotatable bonds is 3. The monoisotopic (exact) mass is 475 g/mol. The van der Waals surface area contributed by atoms with Gasteiger partial charge >= 0.3 is 0 Å². The number of piperazine rings is 2. The number of halogens is 1. The number of allylic oxidation sites excluding steroid dienone is 1. The first-order valence-electron chi connectivity index (χ1n) is 11.6.